The van der Waals surface area contributed by atoms with Gasteiger partial charge in [0.15, 0.2) is 5.65 Å². The molecular formula is C29H27N7S. The Hall–Kier alpha value is -3.88. The van der Waals surface area contributed by atoms with Gasteiger partial charge in [0.25, 0.3) is 0 Å². The predicted octanol–water partition coefficient (Wildman–Crippen LogP) is 6.59. The van der Waals surface area contributed by atoms with E-state index in [1.165, 1.54) is 47.7 Å². The van der Waals surface area contributed by atoms with Crippen LogP contribution >= 0.6 is 11.3 Å². The quantitative estimate of drug-likeness (QED) is 0.276. The van der Waals surface area contributed by atoms with Gasteiger partial charge in [-0.05, 0) is 68.8 Å². The lowest BCUT2D eigenvalue weighted by Crippen LogP contribution is -2.29. The zero-order chi connectivity index (χ0) is 24.8. The molecule has 0 spiro atoms. The molecule has 1 saturated heterocycles. The van der Waals surface area contributed by atoms with Gasteiger partial charge in [-0.15, -0.1) is 11.3 Å². The molecule has 1 aliphatic heterocycles. The molecule has 0 unspecified atom stereocenters. The van der Waals surface area contributed by atoms with Crippen LogP contribution in [0.15, 0.2) is 61.3 Å². The largest absolute Gasteiger partial charge is 0.352 e. The molecule has 0 saturated carbocycles. The number of pyridine rings is 3. The van der Waals surface area contributed by atoms with Crippen LogP contribution in [0.25, 0.3) is 54.9 Å². The van der Waals surface area contributed by atoms with Gasteiger partial charge in [0, 0.05) is 68.5 Å². The third kappa shape index (κ3) is 4.22. The summed E-state index contributed by atoms with van der Waals surface area (Å²) in [5, 5.41) is 9.87. The molecule has 6 aromatic heterocycles. The Morgan fingerprint density at radius 3 is 2.62 bits per heavy atom. The monoisotopic (exact) mass is 505 g/mol. The highest BCUT2D eigenvalue weighted by Crippen LogP contribution is 2.36. The fourth-order valence-corrected chi connectivity index (χ4v) is 6.22. The minimum absolute atomic E-state index is 0.766. The molecule has 0 amide bonds. The number of fused-ring (bicyclic) bond motifs is 2. The third-order valence-corrected chi connectivity index (χ3v) is 8.24. The molecule has 0 aliphatic carbocycles. The molecule has 8 heteroatoms. The van der Waals surface area contributed by atoms with Crippen molar-refractivity contribution in [2.24, 2.45) is 0 Å². The van der Waals surface area contributed by atoms with E-state index in [1.807, 2.05) is 31.0 Å². The molecule has 1 fully saturated rings. The summed E-state index contributed by atoms with van der Waals surface area (Å²) in [5.41, 5.74) is 8.05. The van der Waals surface area contributed by atoms with Gasteiger partial charge in [0.1, 0.15) is 5.69 Å². The van der Waals surface area contributed by atoms with E-state index in [9.17, 15) is 0 Å². The second-order valence-electron chi connectivity index (χ2n) is 9.85. The lowest BCUT2D eigenvalue weighted by atomic mass is 10.0. The van der Waals surface area contributed by atoms with Crippen molar-refractivity contribution in [2.45, 2.75) is 32.7 Å². The Balaban J connectivity index is 1.26. The Kier molecular flexibility index (Phi) is 5.56. The zero-order valence-corrected chi connectivity index (χ0v) is 21.5. The minimum Gasteiger partial charge on any atom is -0.352 e. The van der Waals surface area contributed by atoms with E-state index < -0.39 is 0 Å². The number of rotatable bonds is 5. The van der Waals surface area contributed by atoms with Gasteiger partial charge in [-0.3, -0.25) is 20.0 Å². The Labute approximate surface area is 218 Å². The first-order valence-corrected chi connectivity index (χ1v) is 13.6. The van der Waals surface area contributed by atoms with Crippen molar-refractivity contribution < 1.29 is 0 Å². The van der Waals surface area contributed by atoms with Gasteiger partial charge < -0.3 is 4.98 Å². The molecule has 0 radical (unpaired) electrons. The summed E-state index contributed by atoms with van der Waals surface area (Å²) in [7, 11) is 0. The van der Waals surface area contributed by atoms with Crippen molar-refractivity contribution in [2.75, 3.05) is 13.1 Å². The van der Waals surface area contributed by atoms with Crippen molar-refractivity contribution in [1.82, 2.24) is 35.0 Å². The smallest absolute Gasteiger partial charge is 0.155 e. The van der Waals surface area contributed by atoms with Crippen LogP contribution in [0, 0.1) is 6.92 Å². The molecule has 37 heavy (non-hydrogen) atoms. The van der Waals surface area contributed by atoms with Gasteiger partial charge >= 0.3 is 0 Å². The molecule has 0 atom stereocenters. The summed E-state index contributed by atoms with van der Waals surface area (Å²) < 4.78 is 0. The maximum absolute atomic E-state index is 4.69. The maximum atomic E-state index is 4.69. The highest BCUT2D eigenvalue weighted by molar-refractivity contribution is 7.15. The number of aryl methyl sites for hydroxylation is 1. The van der Waals surface area contributed by atoms with Crippen LogP contribution in [0.2, 0.25) is 0 Å². The van der Waals surface area contributed by atoms with Crippen molar-refractivity contribution in [3.05, 3.63) is 71.8 Å². The van der Waals surface area contributed by atoms with Crippen LogP contribution in [0.3, 0.4) is 0 Å². The van der Waals surface area contributed by atoms with E-state index in [1.54, 1.807) is 11.3 Å². The van der Waals surface area contributed by atoms with Crippen LogP contribution in [-0.2, 0) is 6.54 Å². The number of likely N-dealkylation sites (tertiary alicyclic amines) is 1. The van der Waals surface area contributed by atoms with E-state index in [-0.39, 0.29) is 0 Å². The molecule has 0 aromatic carbocycles. The molecule has 6 aromatic rings. The van der Waals surface area contributed by atoms with Crippen LogP contribution < -0.4 is 0 Å². The van der Waals surface area contributed by atoms with Crippen molar-refractivity contribution in [3.63, 3.8) is 0 Å². The van der Waals surface area contributed by atoms with E-state index in [4.69, 9.17) is 4.98 Å². The van der Waals surface area contributed by atoms with Crippen molar-refractivity contribution >= 4 is 33.3 Å². The number of aromatic amines is 2. The SMILES string of the molecule is Cc1ccc(-c2cncc3[nH]c(-c4n[nH]c5ncc(-c6cncc(CN7CCCCC7)c6)cc45)cc23)s1. The van der Waals surface area contributed by atoms with Crippen LogP contribution in [0.5, 0.6) is 0 Å². The Morgan fingerprint density at radius 1 is 0.892 bits per heavy atom. The highest BCUT2D eigenvalue weighted by atomic mass is 32.1. The van der Waals surface area contributed by atoms with Gasteiger partial charge in [0.2, 0.25) is 0 Å². The highest BCUT2D eigenvalue weighted by Gasteiger charge is 2.16. The lowest BCUT2D eigenvalue weighted by Gasteiger charge is -2.26. The summed E-state index contributed by atoms with van der Waals surface area (Å²) in [6.45, 7) is 5.42. The summed E-state index contributed by atoms with van der Waals surface area (Å²) in [5.74, 6) is 0. The fourth-order valence-electron chi connectivity index (χ4n) is 5.33. The van der Waals surface area contributed by atoms with E-state index in [2.05, 4.69) is 67.3 Å². The molecule has 7 rings (SSSR count). The summed E-state index contributed by atoms with van der Waals surface area (Å²) in [4.78, 5) is 22.3. The molecular weight excluding hydrogens is 478 g/mol. The van der Waals surface area contributed by atoms with Gasteiger partial charge in [-0.1, -0.05) is 6.42 Å². The standard InChI is InChI=1S/C29H27N7S/c1-18-5-6-27(37-18)24-15-31-16-26-22(24)11-25(33-26)28-23-10-21(14-32-29(23)35-34-28)20-9-19(12-30-13-20)17-36-7-3-2-4-8-36/h5-6,9-16,33H,2-4,7-8,17H2,1H3,(H,32,34,35). The number of hydrogen-bond donors (Lipinski definition) is 2. The predicted molar refractivity (Wildman–Crippen MR) is 149 cm³/mol. The molecule has 2 N–H and O–H groups in total. The lowest BCUT2D eigenvalue weighted by molar-refractivity contribution is 0.220. The Morgan fingerprint density at radius 2 is 1.76 bits per heavy atom. The topological polar surface area (TPSA) is 86.4 Å². The first kappa shape index (κ1) is 22.3. The first-order chi connectivity index (χ1) is 18.2. The third-order valence-electron chi connectivity index (χ3n) is 7.21. The first-order valence-electron chi connectivity index (χ1n) is 12.8. The number of hydrogen-bond acceptors (Lipinski definition) is 6. The van der Waals surface area contributed by atoms with Crippen LogP contribution in [0.1, 0.15) is 29.7 Å². The number of thiophene rings is 1. The number of H-pyrrole nitrogens is 2. The fraction of sp³-hybridized carbons (Fsp3) is 0.241. The number of aromatic nitrogens is 6. The molecule has 7 heterocycles. The Bertz CT molecular complexity index is 1720. The van der Waals surface area contributed by atoms with Crippen molar-refractivity contribution in [1.29, 1.82) is 0 Å². The summed E-state index contributed by atoms with van der Waals surface area (Å²) >= 11 is 1.78. The van der Waals surface area contributed by atoms with Gasteiger partial charge in [-0.2, -0.15) is 5.10 Å². The number of nitrogens with one attached hydrogen (secondary N) is 2. The number of nitrogens with zero attached hydrogens (tertiary/aromatic N) is 5. The minimum atomic E-state index is 0.766. The maximum Gasteiger partial charge on any atom is 0.155 e. The summed E-state index contributed by atoms with van der Waals surface area (Å²) in [6, 6.07) is 10.9. The second kappa shape index (κ2) is 9.21. The average Bonchev–Trinajstić information content (AvgIpc) is 3.66. The second-order valence-corrected chi connectivity index (χ2v) is 11.1. The summed E-state index contributed by atoms with van der Waals surface area (Å²) in [6.07, 6.45) is 13.5. The van der Waals surface area contributed by atoms with E-state index in [0.717, 1.165) is 56.6 Å². The van der Waals surface area contributed by atoms with E-state index >= 15 is 0 Å². The van der Waals surface area contributed by atoms with Gasteiger partial charge in [0.05, 0.1) is 17.4 Å². The molecule has 7 nitrogen and oxygen atoms in total. The molecule has 1 aliphatic rings. The van der Waals surface area contributed by atoms with Crippen molar-refractivity contribution in [3.8, 4) is 33.0 Å². The number of piperidine rings is 1. The average molecular weight is 506 g/mol. The van der Waals surface area contributed by atoms with Crippen LogP contribution in [0.4, 0.5) is 0 Å². The normalized spacial score (nSPS) is 14.6. The van der Waals surface area contributed by atoms with Crippen LogP contribution in [-0.4, -0.2) is 48.1 Å². The molecule has 0 bridgehead atoms. The van der Waals surface area contributed by atoms with E-state index in [0.29, 0.717) is 0 Å². The molecule has 184 valence electrons. The zero-order valence-electron chi connectivity index (χ0n) is 20.7. The van der Waals surface area contributed by atoms with Gasteiger partial charge in [-0.25, -0.2) is 4.98 Å².